The lowest BCUT2D eigenvalue weighted by atomic mass is 9.88. The Morgan fingerprint density at radius 2 is 2.00 bits per heavy atom. The molecule has 0 saturated heterocycles. The molecule has 1 saturated carbocycles. The molecule has 1 aliphatic rings. The highest BCUT2D eigenvalue weighted by Crippen LogP contribution is 2.37. The summed E-state index contributed by atoms with van der Waals surface area (Å²) in [6, 6.07) is 0.132. The van der Waals surface area contributed by atoms with Crippen molar-refractivity contribution in [2.45, 2.75) is 39.2 Å². The van der Waals surface area contributed by atoms with E-state index >= 15 is 0 Å². The van der Waals surface area contributed by atoms with Gasteiger partial charge in [-0.05, 0) is 18.3 Å². The van der Waals surface area contributed by atoms with Crippen LogP contribution < -0.4 is 4.72 Å². The average molecular weight is 191 g/mol. The summed E-state index contributed by atoms with van der Waals surface area (Å²) in [5.74, 6) is 0. The first kappa shape index (κ1) is 9.99. The maximum atomic E-state index is 11.0. The van der Waals surface area contributed by atoms with Gasteiger partial charge in [-0.25, -0.2) is 13.1 Å². The second-order valence-electron chi connectivity index (χ2n) is 4.32. The van der Waals surface area contributed by atoms with E-state index in [4.69, 9.17) is 0 Å². The fourth-order valence-corrected chi connectivity index (χ4v) is 2.76. The van der Waals surface area contributed by atoms with Gasteiger partial charge in [0.05, 0.1) is 6.26 Å². The quantitative estimate of drug-likeness (QED) is 0.711. The summed E-state index contributed by atoms with van der Waals surface area (Å²) in [5, 5.41) is 0. The molecule has 0 bridgehead atoms. The van der Waals surface area contributed by atoms with Crippen LogP contribution in [0.4, 0.5) is 0 Å². The van der Waals surface area contributed by atoms with Crippen LogP contribution in [0.25, 0.3) is 0 Å². The summed E-state index contributed by atoms with van der Waals surface area (Å²) in [7, 11) is -3.03. The highest BCUT2D eigenvalue weighted by molar-refractivity contribution is 7.88. The van der Waals surface area contributed by atoms with Crippen molar-refractivity contribution in [2.24, 2.45) is 5.41 Å². The van der Waals surface area contributed by atoms with Crippen molar-refractivity contribution in [3.05, 3.63) is 0 Å². The van der Waals surface area contributed by atoms with Crippen LogP contribution in [0.15, 0.2) is 0 Å². The van der Waals surface area contributed by atoms with Gasteiger partial charge in [-0.1, -0.05) is 20.3 Å². The maximum Gasteiger partial charge on any atom is 0.208 e. The first-order valence-corrected chi connectivity index (χ1v) is 6.18. The highest BCUT2D eigenvalue weighted by Gasteiger charge is 2.35. The fourth-order valence-electron chi connectivity index (χ4n) is 1.80. The van der Waals surface area contributed by atoms with Gasteiger partial charge in [0.2, 0.25) is 10.0 Å². The molecule has 4 heteroatoms. The SMILES string of the molecule is CC1(C)CCCC1NS(C)(=O)=O. The summed E-state index contributed by atoms with van der Waals surface area (Å²) < 4.78 is 24.6. The Balaban J connectivity index is 2.65. The Labute approximate surface area is 74.6 Å². The summed E-state index contributed by atoms with van der Waals surface area (Å²) in [5.41, 5.74) is 0.128. The Morgan fingerprint density at radius 1 is 1.42 bits per heavy atom. The first-order valence-electron chi connectivity index (χ1n) is 4.28. The van der Waals surface area contributed by atoms with Crippen molar-refractivity contribution in [2.75, 3.05) is 6.26 Å². The van der Waals surface area contributed by atoms with Crippen LogP contribution in [0.2, 0.25) is 0 Å². The van der Waals surface area contributed by atoms with Gasteiger partial charge in [0, 0.05) is 6.04 Å². The van der Waals surface area contributed by atoms with Gasteiger partial charge >= 0.3 is 0 Å². The minimum absolute atomic E-state index is 0.128. The van der Waals surface area contributed by atoms with Crippen molar-refractivity contribution in [3.63, 3.8) is 0 Å². The lowest BCUT2D eigenvalue weighted by Gasteiger charge is -2.26. The zero-order valence-electron chi connectivity index (χ0n) is 7.92. The van der Waals surface area contributed by atoms with Crippen LogP contribution in [-0.2, 0) is 10.0 Å². The van der Waals surface area contributed by atoms with Crippen molar-refractivity contribution in [1.82, 2.24) is 4.72 Å². The van der Waals surface area contributed by atoms with E-state index in [2.05, 4.69) is 18.6 Å². The molecule has 0 aromatic heterocycles. The summed E-state index contributed by atoms with van der Waals surface area (Å²) in [6.45, 7) is 4.23. The third-order valence-corrected chi connectivity index (χ3v) is 3.33. The van der Waals surface area contributed by atoms with Crippen LogP contribution in [0.1, 0.15) is 33.1 Å². The monoisotopic (exact) mass is 191 g/mol. The van der Waals surface area contributed by atoms with E-state index in [-0.39, 0.29) is 11.5 Å². The Bertz CT molecular complexity index is 256. The van der Waals surface area contributed by atoms with E-state index in [1.54, 1.807) is 0 Å². The molecular formula is C8H17NO2S. The maximum absolute atomic E-state index is 11.0. The summed E-state index contributed by atoms with van der Waals surface area (Å²) in [6.07, 6.45) is 4.43. The second kappa shape index (κ2) is 3.00. The van der Waals surface area contributed by atoms with Gasteiger partial charge < -0.3 is 0 Å². The number of hydrogen-bond acceptors (Lipinski definition) is 2. The molecule has 1 unspecified atom stereocenters. The average Bonchev–Trinajstić information content (AvgIpc) is 2.07. The number of rotatable bonds is 2. The van der Waals surface area contributed by atoms with E-state index < -0.39 is 10.0 Å². The molecule has 1 aliphatic carbocycles. The molecule has 1 atom stereocenters. The predicted octanol–water partition coefficient (Wildman–Crippen LogP) is 1.11. The van der Waals surface area contributed by atoms with E-state index in [9.17, 15) is 8.42 Å². The van der Waals surface area contributed by atoms with Crippen molar-refractivity contribution in [1.29, 1.82) is 0 Å². The van der Waals surface area contributed by atoms with Crippen molar-refractivity contribution < 1.29 is 8.42 Å². The van der Waals surface area contributed by atoms with Crippen molar-refractivity contribution in [3.8, 4) is 0 Å². The molecule has 1 fully saturated rings. The highest BCUT2D eigenvalue weighted by atomic mass is 32.2. The third kappa shape index (κ3) is 2.45. The molecule has 1 rings (SSSR count). The number of sulfonamides is 1. The van der Waals surface area contributed by atoms with Gasteiger partial charge in [-0.15, -0.1) is 0 Å². The number of hydrogen-bond donors (Lipinski definition) is 1. The molecule has 0 aliphatic heterocycles. The minimum Gasteiger partial charge on any atom is -0.213 e. The van der Waals surface area contributed by atoms with Gasteiger partial charge in [0.1, 0.15) is 0 Å². The standard InChI is InChI=1S/C8H17NO2S/c1-8(2)6-4-5-7(8)9-12(3,10)11/h7,9H,4-6H2,1-3H3. The molecule has 0 aromatic rings. The molecule has 12 heavy (non-hydrogen) atoms. The lowest BCUT2D eigenvalue weighted by molar-refractivity contribution is 0.313. The van der Waals surface area contributed by atoms with Gasteiger partial charge in [0.25, 0.3) is 0 Å². The first-order chi connectivity index (χ1) is 5.31. The van der Waals surface area contributed by atoms with Gasteiger partial charge in [0.15, 0.2) is 0 Å². The van der Waals surface area contributed by atoms with Gasteiger partial charge in [-0.3, -0.25) is 0 Å². The Kier molecular flexibility index (Phi) is 2.50. The topological polar surface area (TPSA) is 46.2 Å². The van der Waals surface area contributed by atoms with E-state index in [0.717, 1.165) is 19.3 Å². The second-order valence-corrected chi connectivity index (χ2v) is 6.10. The fraction of sp³-hybridized carbons (Fsp3) is 1.00. The van der Waals surface area contributed by atoms with E-state index in [1.807, 2.05) is 0 Å². The Hall–Kier alpha value is -0.0900. The smallest absolute Gasteiger partial charge is 0.208 e. The number of nitrogens with one attached hydrogen (secondary N) is 1. The van der Waals surface area contributed by atoms with Crippen LogP contribution in [0.3, 0.4) is 0 Å². The molecule has 1 N–H and O–H groups in total. The molecule has 72 valence electrons. The van der Waals surface area contributed by atoms with Crippen LogP contribution in [-0.4, -0.2) is 20.7 Å². The van der Waals surface area contributed by atoms with Crippen molar-refractivity contribution >= 4 is 10.0 Å². The largest absolute Gasteiger partial charge is 0.213 e. The molecule has 0 aromatic carbocycles. The van der Waals surface area contributed by atoms with Crippen LogP contribution in [0.5, 0.6) is 0 Å². The molecule has 0 radical (unpaired) electrons. The zero-order chi connectivity index (χ0) is 9.41. The molecule has 0 spiro atoms. The summed E-state index contributed by atoms with van der Waals surface area (Å²) >= 11 is 0. The summed E-state index contributed by atoms with van der Waals surface area (Å²) in [4.78, 5) is 0. The normalized spacial score (nSPS) is 29.1. The molecule has 0 amide bonds. The predicted molar refractivity (Wildman–Crippen MR) is 49.4 cm³/mol. The molecule has 3 nitrogen and oxygen atoms in total. The van der Waals surface area contributed by atoms with E-state index in [0.29, 0.717) is 0 Å². The van der Waals surface area contributed by atoms with Crippen LogP contribution in [0, 0.1) is 5.41 Å². The minimum atomic E-state index is -3.03. The molecular weight excluding hydrogens is 174 g/mol. The van der Waals surface area contributed by atoms with E-state index in [1.165, 1.54) is 6.26 Å². The Morgan fingerprint density at radius 3 is 2.33 bits per heavy atom. The van der Waals surface area contributed by atoms with Crippen LogP contribution >= 0.6 is 0 Å². The lowest BCUT2D eigenvalue weighted by Crippen LogP contribution is -2.40. The molecule has 0 heterocycles. The van der Waals surface area contributed by atoms with Gasteiger partial charge in [-0.2, -0.15) is 0 Å². The third-order valence-electron chi connectivity index (χ3n) is 2.61. The zero-order valence-corrected chi connectivity index (χ0v) is 8.74.